The van der Waals surface area contributed by atoms with Crippen molar-refractivity contribution in [1.82, 2.24) is 20.0 Å². The van der Waals surface area contributed by atoms with Crippen molar-refractivity contribution >= 4 is 15.9 Å². The van der Waals surface area contributed by atoms with Crippen molar-refractivity contribution in [1.29, 1.82) is 0 Å². The maximum absolute atomic E-state index is 4.46. The minimum absolute atomic E-state index is 0.305. The monoisotopic (exact) mass is 316 g/mol. The summed E-state index contributed by atoms with van der Waals surface area (Å²) in [6.07, 6.45) is 3.03. The number of hydrogen-bond donors (Lipinski definition) is 1. The van der Waals surface area contributed by atoms with Crippen LogP contribution in [0.2, 0.25) is 0 Å². The van der Waals surface area contributed by atoms with Crippen LogP contribution in [0.5, 0.6) is 0 Å². The molecule has 1 aromatic heterocycles. The van der Waals surface area contributed by atoms with Crippen LogP contribution in [-0.4, -0.2) is 41.9 Å². The fourth-order valence-electron chi connectivity index (χ4n) is 2.02. The molecule has 0 bridgehead atoms. The summed E-state index contributed by atoms with van der Waals surface area (Å²) in [5.74, 6) is 0. The van der Waals surface area contributed by atoms with E-state index < -0.39 is 0 Å². The Bertz CT molecular complexity index is 360. The van der Waals surface area contributed by atoms with Crippen molar-refractivity contribution < 1.29 is 0 Å². The van der Waals surface area contributed by atoms with E-state index in [1.54, 1.807) is 0 Å². The molecule has 1 aromatic rings. The quantitative estimate of drug-likeness (QED) is 0.839. The fourth-order valence-corrected chi connectivity index (χ4v) is 2.57. The molecule has 1 heterocycles. The van der Waals surface area contributed by atoms with Crippen LogP contribution < -0.4 is 5.32 Å². The van der Waals surface area contributed by atoms with Gasteiger partial charge in [0.15, 0.2) is 0 Å². The molecule has 5 heteroatoms. The highest BCUT2D eigenvalue weighted by atomic mass is 79.9. The zero-order valence-electron chi connectivity index (χ0n) is 12.1. The SMILES string of the molecule is CCCNC(CN(C)C)c1c(Br)cnn1C(C)C. The second kappa shape index (κ2) is 7.26. The van der Waals surface area contributed by atoms with Crippen LogP contribution in [0, 0.1) is 0 Å². The van der Waals surface area contributed by atoms with E-state index in [1.807, 2.05) is 6.20 Å². The number of halogens is 1. The van der Waals surface area contributed by atoms with Crippen LogP contribution in [-0.2, 0) is 0 Å². The van der Waals surface area contributed by atoms with Gasteiger partial charge in [-0.05, 0) is 56.8 Å². The molecular weight excluding hydrogens is 292 g/mol. The molecule has 1 N–H and O–H groups in total. The smallest absolute Gasteiger partial charge is 0.0711 e. The van der Waals surface area contributed by atoms with Crippen molar-refractivity contribution in [2.24, 2.45) is 0 Å². The van der Waals surface area contributed by atoms with E-state index in [9.17, 15) is 0 Å². The molecule has 104 valence electrons. The van der Waals surface area contributed by atoms with Crippen molar-refractivity contribution in [3.8, 4) is 0 Å². The molecule has 0 radical (unpaired) electrons. The second-order valence-corrected chi connectivity index (χ2v) is 6.04. The zero-order chi connectivity index (χ0) is 13.7. The molecule has 1 rings (SSSR count). The molecule has 4 nitrogen and oxygen atoms in total. The van der Waals surface area contributed by atoms with Gasteiger partial charge in [-0.1, -0.05) is 6.92 Å². The first-order valence-electron chi connectivity index (χ1n) is 6.58. The predicted octanol–water partition coefficient (Wildman–Crippen LogP) is 2.83. The highest BCUT2D eigenvalue weighted by Gasteiger charge is 2.21. The van der Waals surface area contributed by atoms with Gasteiger partial charge >= 0.3 is 0 Å². The number of hydrogen-bond acceptors (Lipinski definition) is 3. The lowest BCUT2D eigenvalue weighted by atomic mass is 10.1. The molecule has 18 heavy (non-hydrogen) atoms. The van der Waals surface area contributed by atoms with E-state index in [4.69, 9.17) is 0 Å². The topological polar surface area (TPSA) is 33.1 Å². The summed E-state index contributed by atoms with van der Waals surface area (Å²) in [6, 6.07) is 0.679. The normalized spacial score (nSPS) is 13.6. The number of likely N-dealkylation sites (N-methyl/N-ethyl adjacent to an activating group) is 1. The van der Waals surface area contributed by atoms with E-state index in [2.05, 4.69) is 70.8 Å². The van der Waals surface area contributed by atoms with E-state index in [0.717, 1.165) is 24.0 Å². The fraction of sp³-hybridized carbons (Fsp3) is 0.769. The van der Waals surface area contributed by atoms with Gasteiger partial charge in [-0.3, -0.25) is 4.68 Å². The Morgan fingerprint density at radius 2 is 2.11 bits per heavy atom. The summed E-state index contributed by atoms with van der Waals surface area (Å²) in [6.45, 7) is 8.50. The van der Waals surface area contributed by atoms with E-state index >= 15 is 0 Å². The van der Waals surface area contributed by atoms with Gasteiger partial charge in [0.25, 0.3) is 0 Å². The van der Waals surface area contributed by atoms with Gasteiger partial charge in [0.2, 0.25) is 0 Å². The lowest BCUT2D eigenvalue weighted by Crippen LogP contribution is -2.33. The molecule has 1 unspecified atom stereocenters. The Labute approximate surface area is 119 Å². The zero-order valence-corrected chi connectivity index (χ0v) is 13.7. The van der Waals surface area contributed by atoms with E-state index in [1.165, 1.54) is 5.69 Å². The Balaban J connectivity index is 2.99. The molecule has 0 aliphatic heterocycles. The molecule has 0 amide bonds. The van der Waals surface area contributed by atoms with Gasteiger partial charge < -0.3 is 10.2 Å². The number of rotatable bonds is 7. The van der Waals surface area contributed by atoms with Crippen molar-refractivity contribution in [2.75, 3.05) is 27.2 Å². The first-order valence-corrected chi connectivity index (χ1v) is 7.37. The summed E-state index contributed by atoms with van der Waals surface area (Å²) < 4.78 is 3.19. The third-order valence-electron chi connectivity index (χ3n) is 2.79. The Hall–Kier alpha value is -0.390. The van der Waals surface area contributed by atoms with Crippen molar-refractivity contribution in [2.45, 2.75) is 39.3 Å². The van der Waals surface area contributed by atoms with Gasteiger partial charge in [0.1, 0.15) is 0 Å². The summed E-state index contributed by atoms with van der Waals surface area (Å²) in [4.78, 5) is 2.21. The Morgan fingerprint density at radius 1 is 1.44 bits per heavy atom. The predicted molar refractivity (Wildman–Crippen MR) is 79.9 cm³/mol. The molecule has 1 atom stereocenters. The molecule has 0 saturated heterocycles. The minimum atomic E-state index is 0.305. The second-order valence-electron chi connectivity index (χ2n) is 5.19. The third kappa shape index (κ3) is 4.07. The first kappa shape index (κ1) is 15.7. The highest BCUT2D eigenvalue weighted by Crippen LogP contribution is 2.26. The van der Waals surface area contributed by atoms with Crippen LogP contribution in [0.15, 0.2) is 10.7 Å². The summed E-state index contributed by atoms with van der Waals surface area (Å²) in [5.41, 5.74) is 1.24. The van der Waals surface area contributed by atoms with Gasteiger partial charge in [-0.25, -0.2) is 0 Å². The standard InChI is InChI=1S/C13H25BrN4/c1-6-7-15-12(9-17(4)5)13-11(14)8-16-18(13)10(2)3/h8,10,12,15H,6-7,9H2,1-5H3. The van der Waals surface area contributed by atoms with E-state index in [0.29, 0.717) is 12.1 Å². The molecule has 0 spiro atoms. The minimum Gasteiger partial charge on any atom is -0.308 e. The summed E-state index contributed by atoms with van der Waals surface area (Å²) >= 11 is 3.63. The number of nitrogens with zero attached hydrogens (tertiary/aromatic N) is 3. The average molecular weight is 317 g/mol. The van der Waals surface area contributed by atoms with Gasteiger partial charge in [0.05, 0.1) is 22.4 Å². The van der Waals surface area contributed by atoms with Crippen LogP contribution in [0.3, 0.4) is 0 Å². The molecule has 0 fully saturated rings. The van der Waals surface area contributed by atoms with Crippen LogP contribution in [0.4, 0.5) is 0 Å². The largest absolute Gasteiger partial charge is 0.308 e. The van der Waals surface area contributed by atoms with Crippen molar-refractivity contribution in [3.05, 3.63) is 16.4 Å². The van der Waals surface area contributed by atoms with E-state index in [-0.39, 0.29) is 0 Å². The van der Waals surface area contributed by atoms with Gasteiger partial charge in [-0.15, -0.1) is 0 Å². The first-order chi connectivity index (χ1) is 8.47. The maximum Gasteiger partial charge on any atom is 0.0711 e. The summed E-state index contributed by atoms with van der Waals surface area (Å²) in [5, 5.41) is 8.07. The van der Waals surface area contributed by atoms with Gasteiger partial charge in [0, 0.05) is 12.6 Å². The Kier molecular flexibility index (Phi) is 6.32. The van der Waals surface area contributed by atoms with Crippen molar-refractivity contribution in [3.63, 3.8) is 0 Å². The van der Waals surface area contributed by atoms with Crippen LogP contribution in [0.25, 0.3) is 0 Å². The van der Waals surface area contributed by atoms with Crippen LogP contribution in [0.1, 0.15) is 45.0 Å². The lowest BCUT2D eigenvalue weighted by molar-refractivity contribution is 0.324. The summed E-state index contributed by atoms with van der Waals surface area (Å²) in [7, 11) is 4.20. The molecule has 0 aliphatic carbocycles. The molecular formula is C13H25BrN4. The highest BCUT2D eigenvalue weighted by molar-refractivity contribution is 9.10. The Morgan fingerprint density at radius 3 is 2.61 bits per heavy atom. The number of aromatic nitrogens is 2. The molecule has 0 aliphatic rings. The van der Waals surface area contributed by atoms with Crippen LogP contribution >= 0.6 is 15.9 Å². The average Bonchev–Trinajstić information content (AvgIpc) is 2.66. The third-order valence-corrected chi connectivity index (χ3v) is 3.41. The van der Waals surface area contributed by atoms with Gasteiger partial charge in [-0.2, -0.15) is 5.10 Å². The lowest BCUT2D eigenvalue weighted by Gasteiger charge is -2.25. The maximum atomic E-state index is 4.46. The number of nitrogens with one attached hydrogen (secondary N) is 1. The molecule has 0 aromatic carbocycles. The molecule has 0 saturated carbocycles.